The van der Waals surface area contributed by atoms with Crippen molar-refractivity contribution in [1.29, 1.82) is 0 Å². The number of hydrogen-bond donors (Lipinski definition) is 0. The quantitative estimate of drug-likeness (QED) is 0.683. The first-order valence-corrected chi connectivity index (χ1v) is 5.32. The van der Waals surface area contributed by atoms with Crippen molar-refractivity contribution in [3.8, 4) is 0 Å². The molecule has 0 aliphatic rings. The number of rotatable bonds is 5. The van der Waals surface area contributed by atoms with E-state index in [0.29, 0.717) is 5.88 Å². The molecule has 0 aliphatic carbocycles. The van der Waals surface area contributed by atoms with Gasteiger partial charge in [0.05, 0.1) is 0 Å². The fraction of sp³-hybridized carbons (Fsp3) is 0.455. The molecular formula is C11H15ClFN. The molecule has 0 N–H and O–H groups in total. The third-order valence-corrected chi connectivity index (χ3v) is 2.34. The summed E-state index contributed by atoms with van der Waals surface area (Å²) in [6, 6.07) is 6.60. The van der Waals surface area contributed by atoms with E-state index < -0.39 is 0 Å². The smallest absolute Gasteiger partial charge is 0.123 e. The number of benzene rings is 1. The van der Waals surface area contributed by atoms with Crippen molar-refractivity contribution in [1.82, 2.24) is 4.90 Å². The Labute approximate surface area is 89.5 Å². The fourth-order valence-corrected chi connectivity index (χ4v) is 1.56. The average molecular weight is 216 g/mol. The van der Waals surface area contributed by atoms with Gasteiger partial charge in [0.25, 0.3) is 0 Å². The van der Waals surface area contributed by atoms with Crippen LogP contribution >= 0.6 is 11.6 Å². The van der Waals surface area contributed by atoms with E-state index in [1.54, 1.807) is 0 Å². The van der Waals surface area contributed by atoms with Gasteiger partial charge in [-0.3, -0.25) is 4.90 Å². The topological polar surface area (TPSA) is 3.24 Å². The van der Waals surface area contributed by atoms with Crippen LogP contribution in [0.5, 0.6) is 0 Å². The number of alkyl halides is 1. The number of nitrogens with zero attached hydrogens (tertiary/aromatic N) is 1. The van der Waals surface area contributed by atoms with Gasteiger partial charge in [-0.15, -0.1) is 11.6 Å². The third-order valence-electron chi connectivity index (χ3n) is 2.17. The standard InChI is InChI=1S/C11H15ClFN/c1-2-14(8-7-12)9-10-3-5-11(13)6-4-10/h3-6H,2,7-9H2,1H3. The van der Waals surface area contributed by atoms with E-state index in [1.807, 2.05) is 12.1 Å². The Morgan fingerprint density at radius 1 is 1.29 bits per heavy atom. The second kappa shape index (κ2) is 5.99. The van der Waals surface area contributed by atoms with E-state index in [4.69, 9.17) is 11.6 Å². The molecule has 0 atom stereocenters. The molecule has 0 bridgehead atoms. The molecular weight excluding hydrogens is 201 g/mol. The normalized spacial score (nSPS) is 10.9. The van der Waals surface area contributed by atoms with Gasteiger partial charge in [0.2, 0.25) is 0 Å². The molecule has 1 rings (SSSR count). The van der Waals surface area contributed by atoms with Crippen molar-refractivity contribution in [3.63, 3.8) is 0 Å². The molecule has 0 unspecified atom stereocenters. The molecule has 0 spiro atoms. The SMILES string of the molecule is CCN(CCCl)Cc1ccc(F)cc1. The first-order valence-electron chi connectivity index (χ1n) is 4.79. The fourth-order valence-electron chi connectivity index (χ4n) is 1.32. The molecule has 0 saturated heterocycles. The van der Waals surface area contributed by atoms with E-state index in [-0.39, 0.29) is 5.82 Å². The monoisotopic (exact) mass is 215 g/mol. The zero-order valence-corrected chi connectivity index (χ0v) is 9.10. The molecule has 3 heteroatoms. The lowest BCUT2D eigenvalue weighted by Crippen LogP contribution is -2.24. The number of hydrogen-bond acceptors (Lipinski definition) is 1. The second-order valence-corrected chi connectivity index (χ2v) is 3.56. The Balaban J connectivity index is 2.53. The Morgan fingerprint density at radius 3 is 2.43 bits per heavy atom. The summed E-state index contributed by atoms with van der Waals surface area (Å²) in [7, 11) is 0. The summed E-state index contributed by atoms with van der Waals surface area (Å²) in [5.41, 5.74) is 1.12. The predicted octanol–water partition coefficient (Wildman–Crippen LogP) is 2.89. The summed E-state index contributed by atoms with van der Waals surface area (Å²) in [4.78, 5) is 2.22. The molecule has 0 aliphatic heterocycles. The van der Waals surface area contributed by atoms with Crippen LogP contribution in [-0.4, -0.2) is 23.9 Å². The van der Waals surface area contributed by atoms with E-state index in [0.717, 1.165) is 25.2 Å². The maximum atomic E-state index is 12.6. The van der Waals surface area contributed by atoms with Gasteiger partial charge in [0.1, 0.15) is 5.82 Å². The Bertz CT molecular complexity index is 260. The summed E-state index contributed by atoms with van der Waals surface area (Å²) in [6.45, 7) is 4.76. The highest BCUT2D eigenvalue weighted by Gasteiger charge is 2.02. The molecule has 1 aromatic carbocycles. The zero-order valence-electron chi connectivity index (χ0n) is 8.34. The Kier molecular flexibility index (Phi) is 4.91. The van der Waals surface area contributed by atoms with Gasteiger partial charge in [-0.25, -0.2) is 4.39 Å². The lowest BCUT2D eigenvalue weighted by atomic mass is 10.2. The highest BCUT2D eigenvalue weighted by molar-refractivity contribution is 6.18. The van der Waals surface area contributed by atoms with Crippen molar-refractivity contribution in [3.05, 3.63) is 35.6 Å². The predicted molar refractivity (Wildman–Crippen MR) is 58.1 cm³/mol. The Morgan fingerprint density at radius 2 is 1.93 bits per heavy atom. The summed E-state index contributed by atoms with van der Waals surface area (Å²) in [5.74, 6) is 0.448. The average Bonchev–Trinajstić information content (AvgIpc) is 2.20. The highest BCUT2D eigenvalue weighted by atomic mass is 35.5. The van der Waals surface area contributed by atoms with Crippen LogP contribution in [0.15, 0.2) is 24.3 Å². The van der Waals surface area contributed by atoms with Gasteiger partial charge in [-0.2, -0.15) is 0 Å². The summed E-state index contributed by atoms with van der Waals surface area (Å²) < 4.78 is 12.6. The van der Waals surface area contributed by atoms with Crippen molar-refractivity contribution in [2.24, 2.45) is 0 Å². The first-order chi connectivity index (χ1) is 6.76. The number of halogens is 2. The van der Waals surface area contributed by atoms with Crippen molar-refractivity contribution in [2.75, 3.05) is 19.0 Å². The van der Waals surface area contributed by atoms with Crippen LogP contribution in [0.2, 0.25) is 0 Å². The van der Waals surface area contributed by atoms with Gasteiger partial charge >= 0.3 is 0 Å². The zero-order chi connectivity index (χ0) is 10.4. The molecule has 0 saturated carbocycles. The van der Waals surface area contributed by atoms with E-state index >= 15 is 0 Å². The molecule has 1 nitrogen and oxygen atoms in total. The third kappa shape index (κ3) is 3.64. The van der Waals surface area contributed by atoms with Crippen molar-refractivity contribution >= 4 is 11.6 Å². The summed E-state index contributed by atoms with van der Waals surface area (Å²) in [5, 5.41) is 0. The van der Waals surface area contributed by atoms with Gasteiger partial charge in [0.15, 0.2) is 0 Å². The minimum Gasteiger partial charge on any atom is -0.298 e. The minimum atomic E-state index is -0.186. The first kappa shape index (κ1) is 11.5. The molecule has 0 fully saturated rings. The van der Waals surface area contributed by atoms with Crippen LogP contribution in [0.4, 0.5) is 4.39 Å². The largest absolute Gasteiger partial charge is 0.298 e. The molecule has 14 heavy (non-hydrogen) atoms. The lowest BCUT2D eigenvalue weighted by Gasteiger charge is -2.18. The molecule has 0 aromatic heterocycles. The Hall–Kier alpha value is -0.600. The van der Waals surface area contributed by atoms with Crippen LogP contribution in [0.25, 0.3) is 0 Å². The van der Waals surface area contributed by atoms with E-state index in [1.165, 1.54) is 12.1 Å². The van der Waals surface area contributed by atoms with Crippen LogP contribution in [0.3, 0.4) is 0 Å². The van der Waals surface area contributed by atoms with Gasteiger partial charge in [-0.05, 0) is 24.2 Å². The maximum Gasteiger partial charge on any atom is 0.123 e. The van der Waals surface area contributed by atoms with Gasteiger partial charge in [-0.1, -0.05) is 19.1 Å². The van der Waals surface area contributed by atoms with E-state index in [2.05, 4.69) is 11.8 Å². The lowest BCUT2D eigenvalue weighted by molar-refractivity contribution is 0.297. The maximum absolute atomic E-state index is 12.6. The molecule has 0 radical (unpaired) electrons. The van der Waals surface area contributed by atoms with Crippen molar-refractivity contribution < 1.29 is 4.39 Å². The highest BCUT2D eigenvalue weighted by Crippen LogP contribution is 2.06. The summed E-state index contributed by atoms with van der Waals surface area (Å²) >= 11 is 5.66. The van der Waals surface area contributed by atoms with Crippen molar-refractivity contribution in [2.45, 2.75) is 13.5 Å². The molecule has 0 heterocycles. The van der Waals surface area contributed by atoms with Gasteiger partial charge < -0.3 is 0 Å². The van der Waals surface area contributed by atoms with Crippen LogP contribution in [0.1, 0.15) is 12.5 Å². The van der Waals surface area contributed by atoms with Crippen LogP contribution in [0, 0.1) is 5.82 Å². The van der Waals surface area contributed by atoms with E-state index in [9.17, 15) is 4.39 Å². The van der Waals surface area contributed by atoms with Gasteiger partial charge in [0, 0.05) is 19.0 Å². The minimum absolute atomic E-state index is 0.186. The molecule has 78 valence electrons. The molecule has 0 amide bonds. The molecule has 1 aromatic rings. The summed E-state index contributed by atoms with van der Waals surface area (Å²) in [6.07, 6.45) is 0. The van der Waals surface area contributed by atoms with Crippen LogP contribution < -0.4 is 0 Å². The second-order valence-electron chi connectivity index (χ2n) is 3.18. The van der Waals surface area contributed by atoms with Crippen LogP contribution in [-0.2, 0) is 6.54 Å².